The summed E-state index contributed by atoms with van der Waals surface area (Å²) in [5, 5.41) is 5.68. The molecule has 3 aromatic rings. The fourth-order valence-corrected chi connectivity index (χ4v) is 3.79. The number of benzene rings is 3. The van der Waals surface area contributed by atoms with E-state index in [9.17, 15) is 14.4 Å². The van der Waals surface area contributed by atoms with Crippen molar-refractivity contribution < 1.29 is 14.4 Å². The van der Waals surface area contributed by atoms with Crippen LogP contribution in [0, 0.1) is 0 Å². The fraction of sp³-hybridized carbons (Fsp3) is 0.192. The van der Waals surface area contributed by atoms with E-state index >= 15 is 0 Å². The molecule has 7 nitrogen and oxygen atoms in total. The molecule has 0 bridgehead atoms. The maximum absolute atomic E-state index is 13.0. The lowest BCUT2D eigenvalue weighted by Gasteiger charge is -2.26. The van der Waals surface area contributed by atoms with Crippen LogP contribution in [0.3, 0.4) is 0 Å². The van der Waals surface area contributed by atoms with E-state index < -0.39 is 0 Å². The number of carbonyl (C=O) groups excluding carboxylic acids is 3. The van der Waals surface area contributed by atoms with Crippen molar-refractivity contribution in [2.75, 3.05) is 31.6 Å². The van der Waals surface area contributed by atoms with Crippen molar-refractivity contribution in [3.05, 3.63) is 95.6 Å². The largest absolute Gasteiger partial charge is 0.353 e. The van der Waals surface area contributed by atoms with Gasteiger partial charge in [-0.25, -0.2) is 0 Å². The molecule has 33 heavy (non-hydrogen) atoms. The van der Waals surface area contributed by atoms with Gasteiger partial charge in [0.05, 0.1) is 17.8 Å². The Hall–Kier alpha value is -4.13. The fourth-order valence-electron chi connectivity index (χ4n) is 3.79. The number of anilines is 2. The van der Waals surface area contributed by atoms with E-state index in [4.69, 9.17) is 0 Å². The van der Waals surface area contributed by atoms with Gasteiger partial charge in [-0.1, -0.05) is 42.5 Å². The lowest BCUT2D eigenvalue weighted by atomic mass is 10.1. The number of para-hydroxylation sites is 2. The van der Waals surface area contributed by atoms with Gasteiger partial charge in [-0.15, -0.1) is 0 Å². The van der Waals surface area contributed by atoms with Gasteiger partial charge < -0.3 is 20.4 Å². The lowest BCUT2D eigenvalue weighted by molar-refractivity contribution is -0.123. The van der Waals surface area contributed by atoms with E-state index in [1.807, 2.05) is 72.6 Å². The lowest BCUT2D eigenvalue weighted by Crippen LogP contribution is -2.49. The number of amides is 3. The molecule has 0 unspecified atom stereocenters. The van der Waals surface area contributed by atoms with E-state index in [-0.39, 0.29) is 24.3 Å². The highest BCUT2D eigenvalue weighted by molar-refractivity contribution is 6.00. The van der Waals surface area contributed by atoms with E-state index in [2.05, 4.69) is 10.6 Å². The maximum atomic E-state index is 13.0. The first kappa shape index (κ1) is 22.1. The molecular weight excluding hydrogens is 416 g/mol. The minimum atomic E-state index is -0.173. The minimum Gasteiger partial charge on any atom is -0.353 e. The smallest absolute Gasteiger partial charge is 0.254 e. The third-order valence-electron chi connectivity index (χ3n) is 5.63. The first-order valence-corrected chi connectivity index (χ1v) is 10.8. The van der Waals surface area contributed by atoms with Crippen LogP contribution < -0.4 is 15.5 Å². The van der Waals surface area contributed by atoms with Crippen LogP contribution in [0.5, 0.6) is 0 Å². The van der Waals surface area contributed by atoms with Gasteiger partial charge in [0.25, 0.3) is 11.8 Å². The quantitative estimate of drug-likeness (QED) is 0.615. The molecule has 0 aromatic heterocycles. The van der Waals surface area contributed by atoms with E-state index in [1.165, 1.54) is 4.90 Å². The van der Waals surface area contributed by atoms with Crippen LogP contribution in [0.25, 0.3) is 0 Å². The molecule has 1 aliphatic heterocycles. The van der Waals surface area contributed by atoms with E-state index in [0.717, 1.165) is 16.9 Å². The van der Waals surface area contributed by atoms with Crippen LogP contribution >= 0.6 is 0 Å². The second-order valence-electron chi connectivity index (χ2n) is 7.87. The minimum absolute atomic E-state index is 0.0769. The highest BCUT2D eigenvalue weighted by atomic mass is 16.2. The van der Waals surface area contributed by atoms with Crippen molar-refractivity contribution >= 4 is 29.1 Å². The highest BCUT2D eigenvalue weighted by Gasteiger charge is 2.22. The summed E-state index contributed by atoms with van der Waals surface area (Å²) in [4.78, 5) is 40.6. The molecule has 2 N–H and O–H groups in total. The van der Waals surface area contributed by atoms with E-state index in [1.54, 1.807) is 18.2 Å². The molecule has 4 rings (SSSR count). The van der Waals surface area contributed by atoms with Crippen molar-refractivity contribution in [2.45, 2.75) is 6.54 Å². The van der Waals surface area contributed by atoms with Crippen LogP contribution in [-0.4, -0.2) is 49.3 Å². The molecule has 0 radical (unpaired) electrons. The molecule has 3 amide bonds. The summed E-state index contributed by atoms with van der Waals surface area (Å²) in [6, 6.07) is 24.4. The van der Waals surface area contributed by atoms with Gasteiger partial charge in [0.15, 0.2) is 0 Å². The third kappa shape index (κ3) is 5.20. The first-order chi connectivity index (χ1) is 16.0. The Morgan fingerprint density at radius 3 is 2.39 bits per heavy atom. The normalized spacial score (nSPS) is 13.2. The van der Waals surface area contributed by atoms with Gasteiger partial charge in [-0.05, 0) is 42.0 Å². The van der Waals surface area contributed by atoms with Crippen LogP contribution in [0.15, 0.2) is 78.9 Å². The summed E-state index contributed by atoms with van der Waals surface area (Å²) in [5.41, 5.74) is 3.79. The predicted molar refractivity (Wildman–Crippen MR) is 127 cm³/mol. The number of hydrogen-bond acceptors (Lipinski definition) is 4. The second-order valence-corrected chi connectivity index (χ2v) is 7.87. The number of piperazine rings is 1. The Kier molecular flexibility index (Phi) is 6.69. The molecular formula is C26H26N4O3. The summed E-state index contributed by atoms with van der Waals surface area (Å²) in [6.45, 7) is 1.38. The number of nitrogens with one attached hydrogen (secondary N) is 2. The average molecular weight is 443 g/mol. The third-order valence-corrected chi connectivity index (χ3v) is 5.63. The Morgan fingerprint density at radius 1 is 0.970 bits per heavy atom. The maximum Gasteiger partial charge on any atom is 0.254 e. The van der Waals surface area contributed by atoms with Crippen molar-refractivity contribution in [1.82, 2.24) is 15.5 Å². The van der Waals surface area contributed by atoms with Crippen LogP contribution in [0.4, 0.5) is 11.4 Å². The Labute approximate surface area is 193 Å². The molecule has 7 heteroatoms. The zero-order valence-corrected chi connectivity index (χ0v) is 18.5. The molecule has 0 saturated carbocycles. The van der Waals surface area contributed by atoms with Gasteiger partial charge >= 0.3 is 0 Å². The number of rotatable bonds is 6. The molecule has 1 aliphatic rings. The zero-order valence-electron chi connectivity index (χ0n) is 18.5. The zero-order chi connectivity index (χ0) is 23.2. The van der Waals surface area contributed by atoms with Gasteiger partial charge in [0.2, 0.25) is 5.91 Å². The van der Waals surface area contributed by atoms with Crippen molar-refractivity contribution in [1.29, 1.82) is 0 Å². The topological polar surface area (TPSA) is 81.8 Å². The van der Waals surface area contributed by atoms with Gasteiger partial charge in [-0.3, -0.25) is 14.4 Å². The van der Waals surface area contributed by atoms with E-state index in [0.29, 0.717) is 30.8 Å². The Morgan fingerprint density at radius 2 is 1.67 bits per heavy atom. The summed E-state index contributed by atoms with van der Waals surface area (Å²) in [7, 11) is 1.93. The van der Waals surface area contributed by atoms with Crippen LogP contribution in [0.1, 0.15) is 26.3 Å². The first-order valence-electron chi connectivity index (χ1n) is 10.8. The average Bonchev–Trinajstić information content (AvgIpc) is 2.87. The second kappa shape index (κ2) is 9.99. The number of carbonyl (C=O) groups is 3. The van der Waals surface area contributed by atoms with Crippen LogP contribution in [0.2, 0.25) is 0 Å². The Balaban J connectivity index is 1.40. The molecule has 1 saturated heterocycles. The monoisotopic (exact) mass is 442 g/mol. The van der Waals surface area contributed by atoms with Gasteiger partial charge in [0.1, 0.15) is 0 Å². The van der Waals surface area contributed by atoms with Crippen molar-refractivity contribution in [2.24, 2.45) is 0 Å². The van der Waals surface area contributed by atoms with Gasteiger partial charge in [0, 0.05) is 37.9 Å². The van der Waals surface area contributed by atoms with Crippen LogP contribution in [-0.2, 0) is 11.3 Å². The molecule has 1 fully saturated rings. The molecule has 0 aliphatic carbocycles. The standard InChI is InChI=1S/C26H26N4O3/c1-29(21-7-3-2-4-8-21)23-10-6-5-9-22(23)25(32)28-17-19-11-13-20(14-12-19)26(33)30-16-15-27-24(31)18-30/h2-14H,15-18H2,1H3,(H,27,31)(H,28,32). The SMILES string of the molecule is CN(c1ccccc1)c1ccccc1C(=O)NCc1ccc(C(=O)N2CCNC(=O)C2)cc1. The molecule has 1 heterocycles. The molecule has 168 valence electrons. The summed E-state index contributed by atoms with van der Waals surface area (Å²) < 4.78 is 0. The summed E-state index contributed by atoms with van der Waals surface area (Å²) in [5.74, 6) is -0.488. The van der Waals surface area contributed by atoms with Crippen molar-refractivity contribution in [3.63, 3.8) is 0 Å². The van der Waals surface area contributed by atoms with Crippen molar-refractivity contribution in [3.8, 4) is 0 Å². The molecule has 0 spiro atoms. The number of hydrogen-bond donors (Lipinski definition) is 2. The highest BCUT2D eigenvalue weighted by Crippen LogP contribution is 2.26. The summed E-state index contributed by atoms with van der Waals surface area (Å²) in [6.07, 6.45) is 0. The Bertz CT molecular complexity index is 1150. The molecule has 3 aromatic carbocycles. The van der Waals surface area contributed by atoms with Gasteiger partial charge in [-0.2, -0.15) is 0 Å². The summed E-state index contributed by atoms with van der Waals surface area (Å²) >= 11 is 0. The molecule has 0 atom stereocenters. The predicted octanol–water partition coefficient (Wildman–Crippen LogP) is 2.96. The number of nitrogens with zero attached hydrogens (tertiary/aromatic N) is 2.